The van der Waals surface area contributed by atoms with Crippen LogP contribution in [0.4, 0.5) is 0 Å². The van der Waals surface area contributed by atoms with Crippen molar-refractivity contribution in [3.05, 3.63) is 35.4 Å². The minimum absolute atomic E-state index is 0.00111. The van der Waals surface area contributed by atoms with Crippen LogP contribution in [0.1, 0.15) is 17.3 Å². The van der Waals surface area contributed by atoms with Gasteiger partial charge in [0.1, 0.15) is 16.9 Å². The van der Waals surface area contributed by atoms with Crippen LogP contribution in [0.25, 0.3) is 11.0 Å². The maximum Gasteiger partial charge on any atom is 0.250 e. The van der Waals surface area contributed by atoms with E-state index >= 15 is 0 Å². The topological polar surface area (TPSA) is 88.8 Å². The van der Waals surface area contributed by atoms with Crippen LogP contribution < -0.4 is 11.4 Å². The van der Waals surface area contributed by atoms with Crippen molar-refractivity contribution in [2.75, 3.05) is 0 Å². The van der Waals surface area contributed by atoms with Crippen LogP contribution >= 0.6 is 0 Å². The Kier molecular flexibility index (Phi) is 2.36. The van der Waals surface area contributed by atoms with E-state index in [0.717, 1.165) is 0 Å². The number of ketones is 1. The van der Waals surface area contributed by atoms with Crippen LogP contribution in [0, 0.1) is 0 Å². The average Bonchev–Trinajstić information content (AvgIpc) is 2.28. The number of Topliss-reactive ketones (excluding diaryl/α,β-unsaturated/α-hetero) is 1. The molecule has 0 unspecified atom stereocenters. The van der Waals surface area contributed by atoms with E-state index < -0.39 is 0 Å². The third-order valence-corrected chi connectivity index (χ3v) is 2.27. The van der Waals surface area contributed by atoms with Crippen molar-refractivity contribution < 1.29 is 14.3 Å². The standard InChI is InChI=1S/C11H10N2O3/c1-6(14)9-10(15)7-4-2-3-5-8(7)16-11(9)13-12/h2-5,15H,12H2,1H3. The van der Waals surface area contributed by atoms with E-state index in [-0.39, 0.29) is 22.7 Å². The first-order valence-corrected chi connectivity index (χ1v) is 4.65. The molecular weight excluding hydrogens is 208 g/mol. The van der Waals surface area contributed by atoms with E-state index in [1.807, 2.05) is 0 Å². The Morgan fingerprint density at radius 2 is 2.12 bits per heavy atom. The van der Waals surface area contributed by atoms with Gasteiger partial charge in [0.15, 0.2) is 5.78 Å². The van der Waals surface area contributed by atoms with Crippen LogP contribution in [0.15, 0.2) is 33.8 Å². The van der Waals surface area contributed by atoms with Gasteiger partial charge >= 0.3 is 0 Å². The third kappa shape index (κ3) is 1.42. The highest BCUT2D eigenvalue weighted by atomic mass is 16.3. The Morgan fingerprint density at radius 3 is 2.75 bits per heavy atom. The smallest absolute Gasteiger partial charge is 0.250 e. The lowest BCUT2D eigenvalue weighted by atomic mass is 10.1. The van der Waals surface area contributed by atoms with E-state index in [1.54, 1.807) is 24.3 Å². The van der Waals surface area contributed by atoms with Gasteiger partial charge in [0.25, 0.3) is 5.55 Å². The maximum absolute atomic E-state index is 11.4. The molecule has 0 atom stereocenters. The Hall–Kier alpha value is -2.30. The van der Waals surface area contributed by atoms with Crippen LogP contribution in [0.2, 0.25) is 0 Å². The molecule has 1 aromatic carbocycles. The molecule has 2 rings (SSSR count). The molecular formula is C11H10N2O3. The van der Waals surface area contributed by atoms with Gasteiger partial charge in [-0.05, 0) is 19.1 Å². The summed E-state index contributed by atoms with van der Waals surface area (Å²) in [6.07, 6.45) is 0. The summed E-state index contributed by atoms with van der Waals surface area (Å²) < 4.78 is 5.31. The van der Waals surface area contributed by atoms with Gasteiger partial charge in [-0.25, -0.2) is 0 Å². The molecule has 0 spiro atoms. The number of hydrogen-bond acceptors (Lipinski definition) is 5. The Morgan fingerprint density at radius 1 is 1.44 bits per heavy atom. The number of carbonyl (C=O) groups excluding carboxylic acids is 1. The average molecular weight is 218 g/mol. The van der Waals surface area contributed by atoms with Crippen LogP contribution in [0.3, 0.4) is 0 Å². The molecule has 0 saturated carbocycles. The molecule has 0 aliphatic heterocycles. The maximum atomic E-state index is 11.4. The highest BCUT2D eigenvalue weighted by Gasteiger charge is 2.15. The number of aromatic hydroxyl groups is 1. The summed E-state index contributed by atoms with van der Waals surface area (Å²) in [6, 6.07) is 6.80. The number of rotatable bonds is 1. The molecule has 0 bridgehead atoms. The second-order valence-corrected chi connectivity index (χ2v) is 3.31. The largest absolute Gasteiger partial charge is 0.506 e. The fraction of sp³-hybridized carbons (Fsp3) is 0.0909. The SMILES string of the molecule is CC(=O)c1c(O)c2ccccc2oc1=NN. The lowest BCUT2D eigenvalue weighted by molar-refractivity contribution is 0.101. The van der Waals surface area contributed by atoms with Crippen molar-refractivity contribution in [3.63, 3.8) is 0 Å². The number of para-hydroxylation sites is 1. The lowest BCUT2D eigenvalue weighted by Crippen LogP contribution is -2.16. The van der Waals surface area contributed by atoms with Gasteiger partial charge in [0.2, 0.25) is 0 Å². The summed E-state index contributed by atoms with van der Waals surface area (Å²) in [5.41, 5.74) is 0.360. The normalized spacial score (nSPS) is 11.9. The van der Waals surface area contributed by atoms with E-state index in [9.17, 15) is 9.90 Å². The molecule has 0 amide bonds. The number of nitrogens with zero attached hydrogens (tertiary/aromatic N) is 1. The van der Waals surface area contributed by atoms with Gasteiger partial charge in [0, 0.05) is 0 Å². The van der Waals surface area contributed by atoms with Gasteiger partial charge < -0.3 is 15.4 Å². The first-order chi connectivity index (χ1) is 7.65. The molecule has 82 valence electrons. The van der Waals surface area contributed by atoms with Crippen molar-refractivity contribution in [3.8, 4) is 5.75 Å². The van der Waals surface area contributed by atoms with E-state index in [4.69, 9.17) is 10.3 Å². The van der Waals surface area contributed by atoms with Gasteiger partial charge in [-0.15, -0.1) is 5.10 Å². The molecule has 0 aliphatic rings. The van der Waals surface area contributed by atoms with Crippen molar-refractivity contribution in [2.45, 2.75) is 6.92 Å². The predicted molar refractivity (Wildman–Crippen MR) is 57.6 cm³/mol. The van der Waals surface area contributed by atoms with Crippen LogP contribution in [-0.4, -0.2) is 10.9 Å². The molecule has 0 fully saturated rings. The molecule has 0 saturated heterocycles. The lowest BCUT2D eigenvalue weighted by Gasteiger charge is -2.04. The second kappa shape index (κ2) is 3.69. The third-order valence-electron chi connectivity index (χ3n) is 2.27. The molecule has 1 heterocycles. The van der Waals surface area contributed by atoms with Gasteiger partial charge in [-0.3, -0.25) is 4.79 Å². The van der Waals surface area contributed by atoms with E-state index in [1.165, 1.54) is 6.92 Å². The predicted octanol–water partition coefficient (Wildman–Crippen LogP) is 1.12. The number of carbonyl (C=O) groups is 1. The Bertz CT molecular complexity index is 629. The van der Waals surface area contributed by atoms with E-state index in [2.05, 4.69) is 5.10 Å². The fourth-order valence-electron chi connectivity index (χ4n) is 1.55. The zero-order valence-electron chi connectivity index (χ0n) is 8.60. The molecule has 1 aromatic heterocycles. The van der Waals surface area contributed by atoms with Gasteiger partial charge in [-0.1, -0.05) is 12.1 Å². The summed E-state index contributed by atoms with van der Waals surface area (Å²) in [5.74, 6) is 4.61. The molecule has 2 aromatic rings. The monoisotopic (exact) mass is 218 g/mol. The minimum Gasteiger partial charge on any atom is -0.506 e. The molecule has 5 nitrogen and oxygen atoms in total. The number of fused-ring (bicyclic) bond motifs is 1. The van der Waals surface area contributed by atoms with Crippen LogP contribution in [0.5, 0.6) is 5.75 Å². The molecule has 16 heavy (non-hydrogen) atoms. The van der Waals surface area contributed by atoms with Crippen molar-refractivity contribution >= 4 is 16.8 Å². The van der Waals surface area contributed by atoms with Crippen LogP contribution in [-0.2, 0) is 0 Å². The number of benzene rings is 1. The molecule has 5 heteroatoms. The minimum atomic E-state index is -0.351. The van der Waals surface area contributed by atoms with Crippen molar-refractivity contribution in [1.29, 1.82) is 0 Å². The highest BCUT2D eigenvalue weighted by molar-refractivity contribution is 6.01. The fourth-order valence-corrected chi connectivity index (χ4v) is 1.55. The van der Waals surface area contributed by atoms with Crippen molar-refractivity contribution in [2.24, 2.45) is 10.9 Å². The zero-order valence-corrected chi connectivity index (χ0v) is 8.60. The van der Waals surface area contributed by atoms with Gasteiger partial charge in [-0.2, -0.15) is 0 Å². The summed E-state index contributed by atoms with van der Waals surface area (Å²) in [5, 5.41) is 13.7. The summed E-state index contributed by atoms with van der Waals surface area (Å²) in [4.78, 5) is 11.4. The quantitative estimate of drug-likeness (QED) is 0.426. The van der Waals surface area contributed by atoms with Gasteiger partial charge in [0.05, 0.1) is 5.39 Å². The van der Waals surface area contributed by atoms with E-state index in [0.29, 0.717) is 11.0 Å². The molecule has 0 aliphatic carbocycles. The first-order valence-electron chi connectivity index (χ1n) is 4.65. The highest BCUT2D eigenvalue weighted by Crippen LogP contribution is 2.25. The number of hydrogen-bond donors (Lipinski definition) is 2. The second-order valence-electron chi connectivity index (χ2n) is 3.31. The number of nitrogens with two attached hydrogens (primary N) is 1. The Labute approximate surface area is 90.8 Å². The summed E-state index contributed by atoms with van der Waals surface area (Å²) >= 11 is 0. The summed E-state index contributed by atoms with van der Waals surface area (Å²) in [7, 11) is 0. The van der Waals surface area contributed by atoms with Crippen molar-refractivity contribution in [1.82, 2.24) is 0 Å². The zero-order chi connectivity index (χ0) is 11.7. The first kappa shape index (κ1) is 10.2. The Balaban J connectivity index is 3.00. The molecule has 0 radical (unpaired) electrons. The summed E-state index contributed by atoms with van der Waals surface area (Å²) in [6.45, 7) is 1.31. The molecule has 3 N–H and O–H groups in total.